The number of para-hydroxylation sites is 1. The molecular formula is C18H16F3N3O. The van der Waals surface area contributed by atoms with Crippen molar-refractivity contribution in [2.24, 2.45) is 0 Å². The van der Waals surface area contributed by atoms with Crippen LogP contribution in [-0.4, -0.2) is 20.1 Å². The summed E-state index contributed by atoms with van der Waals surface area (Å²) in [5.41, 5.74) is 2.02. The number of hydrogen-bond acceptors (Lipinski definition) is 2. The van der Waals surface area contributed by atoms with Crippen LogP contribution < -0.4 is 0 Å². The Hall–Kier alpha value is -2.83. The van der Waals surface area contributed by atoms with Gasteiger partial charge in [-0.2, -0.15) is 18.3 Å². The number of benzene rings is 1. The van der Waals surface area contributed by atoms with E-state index in [1.54, 1.807) is 6.07 Å². The van der Waals surface area contributed by atoms with E-state index in [1.807, 2.05) is 48.7 Å². The fraction of sp³-hybridized carbons (Fsp3) is 0.222. The van der Waals surface area contributed by atoms with Gasteiger partial charge in [0.25, 0.3) is 0 Å². The largest absolute Gasteiger partial charge is 0.435 e. The lowest BCUT2D eigenvalue weighted by molar-refractivity contribution is -0.141. The highest BCUT2D eigenvalue weighted by molar-refractivity contribution is 5.97. The topological polar surface area (TPSA) is 39.8 Å². The fourth-order valence-electron chi connectivity index (χ4n) is 2.85. The van der Waals surface area contributed by atoms with E-state index in [0.29, 0.717) is 5.56 Å². The summed E-state index contributed by atoms with van der Waals surface area (Å²) in [6.45, 7) is 3.46. The van der Waals surface area contributed by atoms with Crippen LogP contribution in [0.3, 0.4) is 0 Å². The summed E-state index contributed by atoms with van der Waals surface area (Å²) in [7, 11) is 0. The van der Waals surface area contributed by atoms with Crippen LogP contribution in [-0.2, 0) is 12.7 Å². The van der Waals surface area contributed by atoms with Gasteiger partial charge in [-0.3, -0.25) is 9.48 Å². The third-order valence-corrected chi connectivity index (χ3v) is 3.98. The highest BCUT2D eigenvalue weighted by Gasteiger charge is 2.33. The maximum Gasteiger partial charge on any atom is 0.435 e. The van der Waals surface area contributed by atoms with Crippen LogP contribution in [0.25, 0.3) is 5.69 Å². The van der Waals surface area contributed by atoms with Crippen molar-refractivity contribution in [2.45, 2.75) is 26.6 Å². The van der Waals surface area contributed by atoms with Crippen molar-refractivity contribution in [1.82, 2.24) is 14.3 Å². The normalized spacial score (nSPS) is 11.7. The van der Waals surface area contributed by atoms with Crippen LogP contribution in [0.5, 0.6) is 0 Å². The average molecular weight is 347 g/mol. The molecule has 0 aliphatic heterocycles. The standard InChI is InChI=1S/C18H16F3N3O/c1-12-10-15(13(2)24(12)14-6-4-3-5-7-14)16(25)11-23-9-8-17(22-23)18(19,20)21/h3-10H,11H2,1-2H3. The van der Waals surface area contributed by atoms with Crippen molar-refractivity contribution in [3.05, 3.63) is 71.3 Å². The van der Waals surface area contributed by atoms with Gasteiger partial charge in [0.1, 0.15) is 6.54 Å². The molecule has 0 unspecified atom stereocenters. The lowest BCUT2D eigenvalue weighted by Gasteiger charge is -2.09. The molecule has 0 aliphatic carbocycles. The number of aromatic nitrogens is 3. The molecule has 0 amide bonds. The Morgan fingerprint density at radius 1 is 1.12 bits per heavy atom. The van der Waals surface area contributed by atoms with Crippen molar-refractivity contribution in [2.75, 3.05) is 0 Å². The van der Waals surface area contributed by atoms with E-state index in [-0.39, 0.29) is 12.3 Å². The number of Topliss-reactive ketones (excluding diaryl/α,β-unsaturated/α-hetero) is 1. The first-order valence-corrected chi connectivity index (χ1v) is 7.65. The zero-order chi connectivity index (χ0) is 18.2. The van der Waals surface area contributed by atoms with Crippen LogP contribution in [0, 0.1) is 13.8 Å². The van der Waals surface area contributed by atoms with Crippen LogP contribution in [0.1, 0.15) is 27.4 Å². The van der Waals surface area contributed by atoms with E-state index in [2.05, 4.69) is 5.10 Å². The van der Waals surface area contributed by atoms with Gasteiger partial charge in [-0.1, -0.05) is 18.2 Å². The molecule has 0 radical (unpaired) electrons. The molecule has 2 heterocycles. The molecule has 3 aromatic rings. The molecule has 0 saturated carbocycles. The van der Waals surface area contributed by atoms with Gasteiger partial charge in [-0.15, -0.1) is 0 Å². The SMILES string of the molecule is Cc1cc(C(=O)Cn2ccc(C(F)(F)F)n2)c(C)n1-c1ccccc1. The van der Waals surface area contributed by atoms with E-state index >= 15 is 0 Å². The second kappa shape index (κ2) is 6.23. The third kappa shape index (κ3) is 3.35. The molecule has 0 saturated heterocycles. The third-order valence-electron chi connectivity index (χ3n) is 3.98. The number of aryl methyl sites for hydroxylation is 1. The summed E-state index contributed by atoms with van der Waals surface area (Å²) < 4.78 is 40.8. The minimum absolute atomic E-state index is 0.241. The predicted octanol–water partition coefficient (Wildman–Crippen LogP) is 4.19. The van der Waals surface area contributed by atoms with Gasteiger partial charge >= 0.3 is 6.18 Å². The zero-order valence-corrected chi connectivity index (χ0v) is 13.7. The second-order valence-electron chi connectivity index (χ2n) is 5.78. The number of carbonyl (C=O) groups excluding carboxylic acids is 1. The second-order valence-corrected chi connectivity index (χ2v) is 5.78. The van der Waals surface area contributed by atoms with Crippen molar-refractivity contribution < 1.29 is 18.0 Å². The van der Waals surface area contributed by atoms with E-state index in [4.69, 9.17) is 0 Å². The first-order valence-electron chi connectivity index (χ1n) is 7.65. The Kier molecular flexibility index (Phi) is 4.24. The number of halogens is 3. The Morgan fingerprint density at radius 2 is 1.80 bits per heavy atom. The van der Waals surface area contributed by atoms with Gasteiger partial charge in [-0.25, -0.2) is 0 Å². The predicted molar refractivity (Wildman–Crippen MR) is 86.8 cm³/mol. The highest BCUT2D eigenvalue weighted by atomic mass is 19.4. The van der Waals surface area contributed by atoms with Crippen LogP contribution >= 0.6 is 0 Å². The van der Waals surface area contributed by atoms with Crippen LogP contribution in [0.4, 0.5) is 13.2 Å². The van der Waals surface area contributed by atoms with Gasteiger partial charge in [-0.05, 0) is 38.1 Å². The molecule has 0 atom stereocenters. The smallest absolute Gasteiger partial charge is 0.318 e. The van der Waals surface area contributed by atoms with Gasteiger partial charge in [0.2, 0.25) is 0 Å². The molecule has 0 aliphatic rings. The van der Waals surface area contributed by atoms with Gasteiger partial charge in [0.05, 0.1) is 0 Å². The van der Waals surface area contributed by atoms with Crippen molar-refractivity contribution >= 4 is 5.78 Å². The summed E-state index contributed by atoms with van der Waals surface area (Å²) in [5.74, 6) is -0.285. The number of carbonyl (C=O) groups is 1. The monoisotopic (exact) mass is 347 g/mol. The molecule has 130 valence electrons. The minimum Gasteiger partial charge on any atom is -0.318 e. The van der Waals surface area contributed by atoms with Crippen molar-refractivity contribution in [3.8, 4) is 5.69 Å². The molecule has 2 aromatic heterocycles. The maximum atomic E-state index is 12.6. The first kappa shape index (κ1) is 17.0. The van der Waals surface area contributed by atoms with E-state index in [9.17, 15) is 18.0 Å². The summed E-state index contributed by atoms with van der Waals surface area (Å²) in [5, 5.41) is 3.43. The molecule has 7 heteroatoms. The lowest BCUT2D eigenvalue weighted by Crippen LogP contribution is -2.14. The van der Waals surface area contributed by atoms with Crippen molar-refractivity contribution in [1.29, 1.82) is 0 Å². The van der Waals surface area contributed by atoms with Gasteiger partial charge in [0.15, 0.2) is 11.5 Å². The minimum atomic E-state index is -4.52. The van der Waals surface area contributed by atoms with Crippen LogP contribution in [0.2, 0.25) is 0 Å². The Labute approximate surface area is 142 Å². The molecule has 25 heavy (non-hydrogen) atoms. The summed E-state index contributed by atoms with van der Waals surface area (Å²) in [6.07, 6.45) is -3.35. The number of hydrogen-bond donors (Lipinski definition) is 0. The quantitative estimate of drug-likeness (QED) is 0.664. The summed E-state index contributed by atoms with van der Waals surface area (Å²) >= 11 is 0. The number of alkyl halides is 3. The molecule has 3 rings (SSSR count). The molecular weight excluding hydrogens is 331 g/mol. The first-order chi connectivity index (χ1) is 11.8. The zero-order valence-electron chi connectivity index (χ0n) is 13.7. The highest BCUT2D eigenvalue weighted by Crippen LogP contribution is 2.27. The van der Waals surface area contributed by atoms with Crippen LogP contribution in [0.15, 0.2) is 48.7 Å². The summed E-state index contributed by atoms with van der Waals surface area (Å²) in [6, 6.07) is 12.2. The average Bonchev–Trinajstić information content (AvgIpc) is 3.13. The van der Waals surface area contributed by atoms with Crippen molar-refractivity contribution in [3.63, 3.8) is 0 Å². The fourth-order valence-corrected chi connectivity index (χ4v) is 2.85. The Bertz CT molecular complexity index is 908. The molecule has 0 bridgehead atoms. The molecule has 0 spiro atoms. The number of ketones is 1. The molecule has 0 N–H and O–H groups in total. The Morgan fingerprint density at radius 3 is 2.40 bits per heavy atom. The van der Waals surface area contributed by atoms with E-state index in [0.717, 1.165) is 34.0 Å². The summed E-state index contributed by atoms with van der Waals surface area (Å²) in [4.78, 5) is 12.5. The van der Waals surface area contributed by atoms with Gasteiger partial charge in [0, 0.05) is 28.8 Å². The molecule has 1 aromatic carbocycles. The van der Waals surface area contributed by atoms with E-state index in [1.165, 1.54) is 0 Å². The van der Waals surface area contributed by atoms with Gasteiger partial charge < -0.3 is 4.57 Å². The molecule has 0 fully saturated rings. The number of nitrogens with zero attached hydrogens (tertiary/aromatic N) is 3. The Balaban J connectivity index is 1.87. The lowest BCUT2D eigenvalue weighted by atomic mass is 10.1. The maximum absolute atomic E-state index is 12.6. The number of rotatable bonds is 4. The molecule has 4 nitrogen and oxygen atoms in total. The van der Waals surface area contributed by atoms with E-state index < -0.39 is 11.9 Å².